The van der Waals surface area contributed by atoms with E-state index < -0.39 is 0 Å². The molecule has 8 heteroatoms. The SMILES string of the molecule is c1ccc(-c2nnc3ccc(NC4CCc5ncnn5C4)nn23)cc1. The summed E-state index contributed by atoms with van der Waals surface area (Å²) in [6.45, 7) is 0.794. The molecule has 0 saturated carbocycles. The maximum atomic E-state index is 4.68. The average molecular weight is 332 g/mol. The molecular formula is C17H16N8. The van der Waals surface area contributed by atoms with Crippen molar-refractivity contribution in [2.24, 2.45) is 0 Å². The topological polar surface area (TPSA) is 85.8 Å². The molecule has 0 spiro atoms. The fourth-order valence-electron chi connectivity index (χ4n) is 3.20. The molecule has 5 rings (SSSR count). The Labute approximate surface area is 143 Å². The van der Waals surface area contributed by atoms with E-state index in [1.54, 1.807) is 10.8 Å². The standard InChI is InChI=1S/C17H16N8/c1-2-4-12(5-3-1)17-22-21-16-9-7-14(23-25(16)17)20-13-6-8-15-18-11-19-24(15)10-13/h1-5,7,9,11,13H,6,8,10H2,(H,20,23). The molecule has 1 unspecified atom stereocenters. The molecule has 25 heavy (non-hydrogen) atoms. The van der Waals surface area contributed by atoms with Crippen LogP contribution in [0.5, 0.6) is 0 Å². The summed E-state index contributed by atoms with van der Waals surface area (Å²) in [5.41, 5.74) is 1.72. The Morgan fingerprint density at radius 1 is 1.04 bits per heavy atom. The zero-order valence-corrected chi connectivity index (χ0v) is 13.4. The van der Waals surface area contributed by atoms with E-state index in [1.807, 2.05) is 47.1 Å². The molecule has 1 aliphatic heterocycles. The van der Waals surface area contributed by atoms with Gasteiger partial charge in [0.25, 0.3) is 0 Å². The third-order valence-electron chi connectivity index (χ3n) is 4.45. The number of hydrogen-bond acceptors (Lipinski definition) is 6. The molecule has 0 fully saturated rings. The third-order valence-corrected chi connectivity index (χ3v) is 4.45. The third kappa shape index (κ3) is 2.51. The van der Waals surface area contributed by atoms with E-state index in [9.17, 15) is 0 Å². The fourth-order valence-corrected chi connectivity index (χ4v) is 3.20. The van der Waals surface area contributed by atoms with Gasteiger partial charge in [0.1, 0.15) is 18.0 Å². The first-order valence-corrected chi connectivity index (χ1v) is 8.28. The van der Waals surface area contributed by atoms with Crippen molar-refractivity contribution in [3.63, 3.8) is 0 Å². The Kier molecular flexibility index (Phi) is 3.19. The highest BCUT2D eigenvalue weighted by Crippen LogP contribution is 2.19. The van der Waals surface area contributed by atoms with Crippen molar-refractivity contribution in [3.8, 4) is 11.4 Å². The van der Waals surface area contributed by atoms with E-state index >= 15 is 0 Å². The van der Waals surface area contributed by atoms with Crippen LogP contribution in [0.4, 0.5) is 5.82 Å². The van der Waals surface area contributed by atoms with Crippen LogP contribution in [-0.4, -0.2) is 40.6 Å². The number of benzene rings is 1. The van der Waals surface area contributed by atoms with Gasteiger partial charge in [-0.15, -0.1) is 15.3 Å². The minimum absolute atomic E-state index is 0.274. The molecule has 8 nitrogen and oxygen atoms in total. The highest BCUT2D eigenvalue weighted by molar-refractivity contribution is 5.59. The summed E-state index contributed by atoms with van der Waals surface area (Å²) < 4.78 is 3.73. The molecular weight excluding hydrogens is 316 g/mol. The van der Waals surface area contributed by atoms with E-state index in [1.165, 1.54) is 0 Å². The highest BCUT2D eigenvalue weighted by atomic mass is 15.4. The summed E-state index contributed by atoms with van der Waals surface area (Å²) in [5, 5.41) is 20.9. The molecule has 1 atom stereocenters. The molecule has 4 aromatic rings. The van der Waals surface area contributed by atoms with Crippen molar-refractivity contribution in [2.45, 2.75) is 25.4 Å². The first kappa shape index (κ1) is 14.1. The normalized spacial score (nSPS) is 16.7. The maximum absolute atomic E-state index is 4.68. The molecule has 124 valence electrons. The predicted molar refractivity (Wildman–Crippen MR) is 92.0 cm³/mol. The van der Waals surface area contributed by atoms with Gasteiger partial charge in [0.2, 0.25) is 0 Å². The first-order valence-electron chi connectivity index (χ1n) is 8.28. The molecule has 0 bridgehead atoms. The van der Waals surface area contributed by atoms with Gasteiger partial charge in [-0.05, 0) is 18.6 Å². The number of hydrogen-bond donors (Lipinski definition) is 1. The smallest absolute Gasteiger partial charge is 0.185 e. The minimum atomic E-state index is 0.274. The number of rotatable bonds is 3. The second kappa shape index (κ2) is 5.66. The Hall–Kier alpha value is -3.29. The molecule has 1 N–H and O–H groups in total. The lowest BCUT2D eigenvalue weighted by molar-refractivity contribution is 0.440. The van der Waals surface area contributed by atoms with Crippen molar-refractivity contribution in [1.82, 2.24) is 34.6 Å². The van der Waals surface area contributed by atoms with Gasteiger partial charge >= 0.3 is 0 Å². The lowest BCUT2D eigenvalue weighted by atomic mass is 10.1. The average Bonchev–Trinajstić information content (AvgIpc) is 3.28. The van der Waals surface area contributed by atoms with Crippen LogP contribution in [0.1, 0.15) is 12.2 Å². The zero-order valence-electron chi connectivity index (χ0n) is 13.4. The van der Waals surface area contributed by atoms with Gasteiger partial charge in [-0.1, -0.05) is 30.3 Å². The van der Waals surface area contributed by atoms with Crippen LogP contribution < -0.4 is 5.32 Å². The highest BCUT2D eigenvalue weighted by Gasteiger charge is 2.20. The minimum Gasteiger partial charge on any atom is -0.364 e. The summed E-state index contributed by atoms with van der Waals surface area (Å²) in [5.74, 6) is 2.59. The van der Waals surface area contributed by atoms with Gasteiger partial charge in [0, 0.05) is 18.0 Å². The number of nitrogens with zero attached hydrogens (tertiary/aromatic N) is 7. The van der Waals surface area contributed by atoms with Crippen molar-refractivity contribution < 1.29 is 0 Å². The van der Waals surface area contributed by atoms with Crippen molar-refractivity contribution in [3.05, 3.63) is 54.6 Å². The second-order valence-corrected chi connectivity index (χ2v) is 6.12. The van der Waals surface area contributed by atoms with Crippen LogP contribution in [0.3, 0.4) is 0 Å². The van der Waals surface area contributed by atoms with Crippen LogP contribution >= 0.6 is 0 Å². The van der Waals surface area contributed by atoms with Gasteiger partial charge in [0.15, 0.2) is 11.5 Å². The van der Waals surface area contributed by atoms with E-state index in [4.69, 9.17) is 0 Å². The van der Waals surface area contributed by atoms with Crippen LogP contribution in [-0.2, 0) is 13.0 Å². The summed E-state index contributed by atoms with van der Waals surface area (Å²) >= 11 is 0. The van der Waals surface area contributed by atoms with E-state index in [-0.39, 0.29) is 6.04 Å². The van der Waals surface area contributed by atoms with Crippen molar-refractivity contribution in [2.75, 3.05) is 5.32 Å². The molecule has 1 aromatic carbocycles. The van der Waals surface area contributed by atoms with Crippen LogP contribution in [0.2, 0.25) is 0 Å². The number of anilines is 1. The molecule has 0 radical (unpaired) electrons. The molecule has 3 aromatic heterocycles. The van der Waals surface area contributed by atoms with E-state index in [0.29, 0.717) is 0 Å². The molecule has 1 aliphatic rings. The molecule has 0 aliphatic carbocycles. The Bertz CT molecular complexity index is 1020. The molecule has 0 saturated heterocycles. The van der Waals surface area contributed by atoms with Crippen molar-refractivity contribution >= 4 is 11.5 Å². The van der Waals surface area contributed by atoms with Crippen LogP contribution in [0.25, 0.3) is 17.0 Å². The monoisotopic (exact) mass is 332 g/mol. The Morgan fingerprint density at radius 3 is 2.88 bits per heavy atom. The maximum Gasteiger partial charge on any atom is 0.185 e. The van der Waals surface area contributed by atoms with Gasteiger partial charge in [-0.3, -0.25) is 0 Å². The predicted octanol–water partition coefficient (Wildman–Crippen LogP) is 1.81. The number of fused-ring (bicyclic) bond motifs is 2. The van der Waals surface area contributed by atoms with Gasteiger partial charge in [-0.2, -0.15) is 9.61 Å². The number of nitrogens with one attached hydrogen (secondary N) is 1. The van der Waals surface area contributed by atoms with Crippen LogP contribution in [0.15, 0.2) is 48.8 Å². The van der Waals surface area contributed by atoms with E-state index in [2.05, 4.69) is 30.7 Å². The Balaban J connectivity index is 1.45. The zero-order chi connectivity index (χ0) is 16.6. The summed E-state index contributed by atoms with van der Waals surface area (Å²) in [6, 6.07) is 14.1. The molecule has 4 heterocycles. The van der Waals surface area contributed by atoms with E-state index in [0.717, 1.165) is 48.1 Å². The first-order chi connectivity index (χ1) is 12.4. The second-order valence-electron chi connectivity index (χ2n) is 6.12. The van der Waals surface area contributed by atoms with Gasteiger partial charge in [-0.25, -0.2) is 9.67 Å². The largest absolute Gasteiger partial charge is 0.364 e. The fraction of sp³-hybridized carbons (Fsp3) is 0.235. The van der Waals surface area contributed by atoms with Gasteiger partial charge in [0.05, 0.1) is 6.54 Å². The lowest BCUT2D eigenvalue weighted by Crippen LogP contribution is -2.32. The van der Waals surface area contributed by atoms with Crippen LogP contribution in [0, 0.1) is 0 Å². The summed E-state index contributed by atoms with van der Waals surface area (Å²) in [4.78, 5) is 4.27. The Morgan fingerprint density at radius 2 is 1.96 bits per heavy atom. The number of aryl methyl sites for hydroxylation is 1. The quantitative estimate of drug-likeness (QED) is 0.616. The summed E-state index contributed by atoms with van der Waals surface area (Å²) in [7, 11) is 0. The number of aromatic nitrogens is 7. The summed E-state index contributed by atoms with van der Waals surface area (Å²) in [6.07, 6.45) is 3.54. The lowest BCUT2D eigenvalue weighted by Gasteiger charge is -2.23. The molecule has 0 amide bonds. The van der Waals surface area contributed by atoms with Crippen molar-refractivity contribution in [1.29, 1.82) is 0 Å². The van der Waals surface area contributed by atoms with Gasteiger partial charge < -0.3 is 5.32 Å².